The van der Waals surface area contributed by atoms with Gasteiger partial charge in [0.05, 0.1) is 12.8 Å². The summed E-state index contributed by atoms with van der Waals surface area (Å²) in [5.74, 6) is -2.15. The van der Waals surface area contributed by atoms with Crippen molar-refractivity contribution in [1.82, 2.24) is 0 Å². The third-order valence-corrected chi connectivity index (χ3v) is 1.83. The smallest absolute Gasteiger partial charge is 0.313 e. The average Bonchev–Trinajstić information content (AvgIpc) is 2.32. The first-order valence-electron chi connectivity index (χ1n) is 5.03. The van der Waals surface area contributed by atoms with Crippen LogP contribution in [0.25, 0.3) is 0 Å². The summed E-state index contributed by atoms with van der Waals surface area (Å²) in [5.41, 5.74) is 0. The van der Waals surface area contributed by atoms with Crippen LogP contribution >= 0.6 is 0 Å². The lowest BCUT2D eigenvalue weighted by Crippen LogP contribution is -2.14. The van der Waals surface area contributed by atoms with E-state index in [1.54, 1.807) is 0 Å². The van der Waals surface area contributed by atoms with Crippen LogP contribution in [0.4, 0.5) is 0 Å². The summed E-state index contributed by atoms with van der Waals surface area (Å²) in [6.45, 7) is 6.48. The van der Waals surface area contributed by atoms with Crippen molar-refractivity contribution in [2.75, 3.05) is 0 Å². The van der Waals surface area contributed by atoms with Crippen LogP contribution in [0.15, 0.2) is 25.3 Å². The van der Waals surface area contributed by atoms with Crippen LogP contribution < -0.4 is 0 Å². The Labute approximate surface area is 99.1 Å². The van der Waals surface area contributed by atoms with Gasteiger partial charge in [-0.25, -0.2) is 0 Å². The van der Waals surface area contributed by atoms with E-state index in [9.17, 15) is 19.2 Å². The summed E-state index contributed by atoms with van der Waals surface area (Å²) in [7, 11) is 0. The highest BCUT2D eigenvalue weighted by molar-refractivity contribution is 5.94. The summed E-state index contributed by atoms with van der Waals surface area (Å²) in [6, 6.07) is 0. The highest BCUT2D eigenvalue weighted by Gasteiger charge is 2.12. The van der Waals surface area contributed by atoms with Gasteiger partial charge < -0.3 is 4.74 Å². The molecule has 0 fully saturated rings. The van der Waals surface area contributed by atoms with E-state index < -0.39 is 11.9 Å². The maximum atomic E-state index is 11.1. The molecule has 0 aliphatic heterocycles. The third-order valence-electron chi connectivity index (χ3n) is 1.83. The third kappa shape index (κ3) is 7.84. The first-order valence-corrected chi connectivity index (χ1v) is 5.03. The molecule has 0 unspecified atom stereocenters. The number of ketones is 2. The summed E-state index contributed by atoms with van der Waals surface area (Å²) >= 11 is 0. The molecule has 0 aromatic carbocycles. The van der Waals surface area contributed by atoms with Gasteiger partial charge in [0.2, 0.25) is 0 Å². The highest BCUT2D eigenvalue weighted by atomic mass is 16.6. The fraction of sp³-hybridized carbons (Fsp3) is 0.333. The molecule has 0 radical (unpaired) electrons. The maximum absolute atomic E-state index is 11.1. The summed E-state index contributed by atoms with van der Waals surface area (Å²) in [5, 5.41) is 0. The van der Waals surface area contributed by atoms with Crippen LogP contribution in [0.2, 0.25) is 0 Å². The zero-order chi connectivity index (χ0) is 13.3. The maximum Gasteiger partial charge on any atom is 0.313 e. The Bertz CT molecular complexity index is 320. The quantitative estimate of drug-likeness (QED) is 0.360. The molecule has 0 aromatic heterocycles. The second kappa shape index (κ2) is 8.15. The molecule has 0 aliphatic rings. The van der Waals surface area contributed by atoms with Crippen molar-refractivity contribution >= 4 is 23.5 Å². The van der Waals surface area contributed by atoms with Crippen LogP contribution in [-0.2, 0) is 23.9 Å². The van der Waals surface area contributed by atoms with Crippen molar-refractivity contribution in [2.45, 2.75) is 25.7 Å². The van der Waals surface area contributed by atoms with Crippen molar-refractivity contribution in [1.29, 1.82) is 0 Å². The number of ether oxygens (including phenoxy) is 1. The molecule has 5 nitrogen and oxygen atoms in total. The van der Waals surface area contributed by atoms with Crippen LogP contribution in [-0.4, -0.2) is 23.5 Å². The first-order chi connectivity index (χ1) is 7.99. The van der Waals surface area contributed by atoms with E-state index in [0.29, 0.717) is 0 Å². The minimum absolute atomic E-state index is 0.0405. The lowest BCUT2D eigenvalue weighted by molar-refractivity contribution is -0.160. The van der Waals surface area contributed by atoms with Gasteiger partial charge in [-0.1, -0.05) is 13.2 Å². The zero-order valence-corrected chi connectivity index (χ0v) is 9.44. The molecule has 0 amide bonds. The van der Waals surface area contributed by atoms with Gasteiger partial charge in [0.25, 0.3) is 0 Å². The number of hydrogen-bond donors (Lipinski definition) is 0. The molecule has 0 bridgehead atoms. The molecule has 0 atom stereocenters. The van der Waals surface area contributed by atoms with Gasteiger partial charge in [-0.15, -0.1) is 0 Å². The monoisotopic (exact) mass is 238 g/mol. The SMILES string of the molecule is C=CC(=O)CCC(=O)OC(=O)CCC(=O)C=C. The number of carbonyl (C=O) groups excluding carboxylic acids is 4. The summed E-state index contributed by atoms with van der Waals surface area (Å²) in [6.07, 6.45) is 1.76. The normalized spacial score (nSPS) is 9.18. The molecule has 0 saturated carbocycles. The fourth-order valence-electron chi connectivity index (χ4n) is 0.884. The van der Waals surface area contributed by atoms with E-state index in [4.69, 9.17) is 0 Å². The van der Waals surface area contributed by atoms with Gasteiger partial charge in [0, 0.05) is 12.8 Å². The van der Waals surface area contributed by atoms with Gasteiger partial charge in [0.1, 0.15) is 0 Å². The van der Waals surface area contributed by atoms with E-state index in [1.165, 1.54) is 0 Å². The Kier molecular flexibility index (Phi) is 7.17. The minimum Gasteiger partial charge on any atom is -0.393 e. The predicted octanol–water partition coefficient (Wildman–Crippen LogP) is 1.13. The molecule has 92 valence electrons. The Morgan fingerprint density at radius 3 is 1.41 bits per heavy atom. The van der Waals surface area contributed by atoms with Gasteiger partial charge in [-0.3, -0.25) is 19.2 Å². The van der Waals surface area contributed by atoms with E-state index in [0.717, 1.165) is 12.2 Å². The van der Waals surface area contributed by atoms with Gasteiger partial charge in [-0.2, -0.15) is 0 Å². The molecule has 5 heteroatoms. The van der Waals surface area contributed by atoms with Crippen LogP contribution in [0.5, 0.6) is 0 Å². The fourth-order valence-corrected chi connectivity index (χ4v) is 0.884. The Hall–Kier alpha value is -2.04. The summed E-state index contributed by atoms with van der Waals surface area (Å²) < 4.78 is 4.39. The molecule has 17 heavy (non-hydrogen) atoms. The first kappa shape index (κ1) is 15.0. The summed E-state index contributed by atoms with van der Waals surface area (Å²) in [4.78, 5) is 43.7. The molecular weight excluding hydrogens is 224 g/mol. The average molecular weight is 238 g/mol. The molecule has 0 aromatic rings. The number of hydrogen-bond acceptors (Lipinski definition) is 5. The second-order valence-corrected chi connectivity index (χ2v) is 3.19. The lowest BCUT2D eigenvalue weighted by Gasteiger charge is -2.00. The van der Waals surface area contributed by atoms with Crippen LogP contribution in [0.3, 0.4) is 0 Å². The van der Waals surface area contributed by atoms with Crippen molar-refractivity contribution in [3.8, 4) is 0 Å². The van der Waals surface area contributed by atoms with Crippen molar-refractivity contribution in [3.63, 3.8) is 0 Å². The number of allylic oxidation sites excluding steroid dienone is 2. The van der Waals surface area contributed by atoms with E-state index in [-0.39, 0.29) is 37.2 Å². The van der Waals surface area contributed by atoms with Gasteiger partial charge >= 0.3 is 11.9 Å². The number of rotatable bonds is 8. The Morgan fingerprint density at radius 1 is 0.765 bits per heavy atom. The standard InChI is InChI=1S/C12H14O5/c1-3-9(13)5-7-11(15)17-12(16)8-6-10(14)4-2/h3-4H,1-2,5-8H2. The molecule has 0 rings (SSSR count). The number of carbonyl (C=O) groups is 4. The van der Waals surface area contributed by atoms with E-state index in [1.807, 2.05) is 0 Å². The van der Waals surface area contributed by atoms with Crippen LogP contribution in [0, 0.1) is 0 Å². The molecular formula is C12H14O5. The molecule has 0 heterocycles. The van der Waals surface area contributed by atoms with Gasteiger partial charge in [0.15, 0.2) is 11.6 Å². The second-order valence-electron chi connectivity index (χ2n) is 3.19. The van der Waals surface area contributed by atoms with E-state index in [2.05, 4.69) is 17.9 Å². The van der Waals surface area contributed by atoms with E-state index >= 15 is 0 Å². The largest absolute Gasteiger partial charge is 0.393 e. The highest BCUT2D eigenvalue weighted by Crippen LogP contribution is 1.99. The minimum atomic E-state index is -0.781. The topological polar surface area (TPSA) is 77.5 Å². The Balaban J connectivity index is 3.84. The molecule has 0 aliphatic carbocycles. The Morgan fingerprint density at radius 2 is 1.12 bits per heavy atom. The van der Waals surface area contributed by atoms with Crippen molar-refractivity contribution in [3.05, 3.63) is 25.3 Å². The zero-order valence-electron chi connectivity index (χ0n) is 9.44. The van der Waals surface area contributed by atoms with Crippen molar-refractivity contribution in [2.24, 2.45) is 0 Å². The van der Waals surface area contributed by atoms with Crippen LogP contribution in [0.1, 0.15) is 25.7 Å². The molecule has 0 saturated heterocycles. The molecule has 0 N–H and O–H groups in total. The van der Waals surface area contributed by atoms with Crippen molar-refractivity contribution < 1.29 is 23.9 Å². The number of esters is 2. The predicted molar refractivity (Wildman–Crippen MR) is 60.0 cm³/mol. The lowest BCUT2D eigenvalue weighted by atomic mass is 10.2. The molecule has 0 spiro atoms. The van der Waals surface area contributed by atoms with Gasteiger partial charge in [-0.05, 0) is 12.2 Å².